The highest BCUT2D eigenvalue weighted by Gasteiger charge is 2.43. The van der Waals surface area contributed by atoms with Gasteiger partial charge in [-0.15, -0.1) is 11.3 Å². The standard InChI is InChI=1S/C17H22N4O3S/c1-10-3-13(20-24-10)5-21-6-14-12(8-23-16(14)7-21)4-18-17(22)15-9-25-11(2)19-15/h3,9,12,14,16H,4-8H2,1-2H3,(H,18,22)/t12-,14+,16+/m0/s1. The molecule has 2 fully saturated rings. The number of hydrogen-bond donors (Lipinski definition) is 1. The molecule has 3 atom stereocenters. The first kappa shape index (κ1) is 16.7. The molecule has 1 amide bonds. The summed E-state index contributed by atoms with van der Waals surface area (Å²) >= 11 is 1.49. The van der Waals surface area contributed by atoms with Crippen molar-refractivity contribution in [1.82, 2.24) is 20.4 Å². The van der Waals surface area contributed by atoms with Crippen LogP contribution < -0.4 is 5.32 Å². The van der Waals surface area contributed by atoms with Crippen molar-refractivity contribution in [2.24, 2.45) is 11.8 Å². The minimum atomic E-state index is -0.0966. The molecule has 0 spiro atoms. The average Bonchev–Trinajstić information content (AvgIpc) is 3.32. The van der Waals surface area contributed by atoms with Crippen LogP contribution in [0.1, 0.15) is 27.0 Å². The zero-order valence-corrected chi connectivity index (χ0v) is 15.2. The lowest BCUT2D eigenvalue weighted by Gasteiger charge is -2.19. The fourth-order valence-corrected chi connectivity index (χ4v) is 4.32. The van der Waals surface area contributed by atoms with Gasteiger partial charge < -0.3 is 14.6 Å². The molecule has 4 heterocycles. The van der Waals surface area contributed by atoms with E-state index in [0.29, 0.717) is 30.7 Å². The van der Waals surface area contributed by atoms with E-state index < -0.39 is 0 Å². The van der Waals surface area contributed by atoms with E-state index in [1.165, 1.54) is 11.3 Å². The Kier molecular flexibility index (Phi) is 4.58. The number of amides is 1. The van der Waals surface area contributed by atoms with Crippen molar-refractivity contribution in [2.75, 3.05) is 26.2 Å². The lowest BCUT2D eigenvalue weighted by Crippen LogP contribution is -2.34. The number of ether oxygens (including phenoxy) is 1. The van der Waals surface area contributed by atoms with E-state index in [1.807, 2.05) is 19.9 Å². The molecule has 7 nitrogen and oxygen atoms in total. The minimum absolute atomic E-state index is 0.0966. The second kappa shape index (κ2) is 6.86. The quantitative estimate of drug-likeness (QED) is 0.871. The van der Waals surface area contributed by atoms with Crippen molar-refractivity contribution in [3.8, 4) is 0 Å². The van der Waals surface area contributed by atoms with Gasteiger partial charge in [-0.25, -0.2) is 4.98 Å². The van der Waals surface area contributed by atoms with Crippen LogP contribution in [0.5, 0.6) is 0 Å². The van der Waals surface area contributed by atoms with Gasteiger partial charge in [0.05, 0.1) is 23.4 Å². The SMILES string of the molecule is Cc1cc(CN2C[C@@H]3[C@@H](CNC(=O)c4csc(C)n4)CO[C@@H]3C2)no1. The zero-order valence-electron chi connectivity index (χ0n) is 14.4. The van der Waals surface area contributed by atoms with Gasteiger partial charge >= 0.3 is 0 Å². The number of aromatic nitrogens is 2. The number of rotatable bonds is 5. The Labute approximate surface area is 150 Å². The topological polar surface area (TPSA) is 80.5 Å². The highest BCUT2D eigenvalue weighted by Crippen LogP contribution is 2.34. The van der Waals surface area contributed by atoms with Gasteiger partial charge in [-0.3, -0.25) is 9.69 Å². The van der Waals surface area contributed by atoms with Crippen molar-refractivity contribution in [3.63, 3.8) is 0 Å². The third-order valence-electron chi connectivity index (χ3n) is 4.95. The van der Waals surface area contributed by atoms with Crippen LogP contribution in [-0.4, -0.2) is 53.3 Å². The Hall–Kier alpha value is -1.77. The maximum absolute atomic E-state index is 12.2. The molecule has 0 radical (unpaired) electrons. The number of nitrogens with zero attached hydrogens (tertiary/aromatic N) is 3. The molecule has 134 valence electrons. The highest BCUT2D eigenvalue weighted by molar-refractivity contribution is 7.09. The molecule has 2 saturated heterocycles. The van der Waals surface area contributed by atoms with Gasteiger partial charge in [-0.1, -0.05) is 5.16 Å². The highest BCUT2D eigenvalue weighted by atomic mass is 32.1. The third kappa shape index (κ3) is 3.61. The first-order valence-corrected chi connectivity index (χ1v) is 9.43. The van der Waals surface area contributed by atoms with Crippen LogP contribution in [0.25, 0.3) is 0 Å². The lowest BCUT2D eigenvalue weighted by molar-refractivity contribution is 0.0899. The summed E-state index contributed by atoms with van der Waals surface area (Å²) in [6.45, 7) is 7.81. The average molecular weight is 362 g/mol. The number of nitrogens with one attached hydrogen (secondary N) is 1. The maximum atomic E-state index is 12.2. The van der Waals surface area contributed by atoms with E-state index in [0.717, 1.165) is 36.1 Å². The van der Waals surface area contributed by atoms with Gasteiger partial charge in [0.1, 0.15) is 11.5 Å². The van der Waals surface area contributed by atoms with E-state index in [1.54, 1.807) is 5.38 Å². The third-order valence-corrected chi connectivity index (χ3v) is 5.73. The number of thiazole rings is 1. The predicted molar refractivity (Wildman–Crippen MR) is 92.4 cm³/mol. The molecule has 2 aromatic heterocycles. The summed E-state index contributed by atoms with van der Waals surface area (Å²) in [5.74, 6) is 1.53. The van der Waals surface area contributed by atoms with Gasteiger partial charge in [0.15, 0.2) is 0 Å². The molecule has 0 saturated carbocycles. The van der Waals surface area contributed by atoms with E-state index in [4.69, 9.17) is 9.26 Å². The molecule has 4 rings (SSSR count). The van der Waals surface area contributed by atoms with Gasteiger partial charge in [0.25, 0.3) is 5.91 Å². The largest absolute Gasteiger partial charge is 0.376 e. The van der Waals surface area contributed by atoms with E-state index in [9.17, 15) is 4.79 Å². The van der Waals surface area contributed by atoms with Crippen LogP contribution in [-0.2, 0) is 11.3 Å². The first-order chi connectivity index (χ1) is 12.1. The minimum Gasteiger partial charge on any atom is -0.376 e. The smallest absolute Gasteiger partial charge is 0.270 e. The molecular weight excluding hydrogens is 340 g/mol. The van der Waals surface area contributed by atoms with Crippen molar-refractivity contribution >= 4 is 17.2 Å². The number of carbonyl (C=O) groups excluding carboxylic acids is 1. The predicted octanol–water partition coefficient (Wildman–Crippen LogP) is 1.62. The Morgan fingerprint density at radius 2 is 2.32 bits per heavy atom. The fraction of sp³-hybridized carbons (Fsp3) is 0.588. The van der Waals surface area contributed by atoms with Crippen molar-refractivity contribution < 1.29 is 14.1 Å². The Bertz CT molecular complexity index is 759. The first-order valence-electron chi connectivity index (χ1n) is 8.55. The Morgan fingerprint density at radius 1 is 1.44 bits per heavy atom. The molecule has 0 bridgehead atoms. The normalized spacial score (nSPS) is 26.1. The van der Waals surface area contributed by atoms with E-state index in [2.05, 4.69) is 20.4 Å². The Morgan fingerprint density at radius 3 is 3.04 bits per heavy atom. The van der Waals surface area contributed by atoms with Gasteiger partial charge in [-0.05, 0) is 13.8 Å². The number of fused-ring (bicyclic) bond motifs is 1. The maximum Gasteiger partial charge on any atom is 0.270 e. The number of aryl methyl sites for hydroxylation is 2. The summed E-state index contributed by atoms with van der Waals surface area (Å²) in [5, 5.41) is 9.79. The fourth-order valence-electron chi connectivity index (χ4n) is 3.72. The van der Waals surface area contributed by atoms with Gasteiger partial charge in [0.2, 0.25) is 0 Å². The molecule has 1 N–H and O–H groups in total. The Balaban J connectivity index is 1.30. The molecule has 0 aliphatic carbocycles. The molecular formula is C17H22N4O3S. The van der Waals surface area contributed by atoms with Crippen LogP contribution in [0.15, 0.2) is 16.0 Å². The molecule has 0 unspecified atom stereocenters. The molecule has 2 aliphatic heterocycles. The van der Waals surface area contributed by atoms with Crippen molar-refractivity contribution in [3.05, 3.63) is 33.6 Å². The number of carbonyl (C=O) groups is 1. The van der Waals surface area contributed by atoms with Gasteiger partial charge in [0, 0.05) is 49.5 Å². The zero-order chi connectivity index (χ0) is 17.4. The van der Waals surface area contributed by atoms with Crippen LogP contribution in [0.4, 0.5) is 0 Å². The van der Waals surface area contributed by atoms with Crippen LogP contribution in [0, 0.1) is 25.7 Å². The second-order valence-corrected chi connectivity index (χ2v) is 7.94. The van der Waals surface area contributed by atoms with E-state index in [-0.39, 0.29) is 12.0 Å². The van der Waals surface area contributed by atoms with E-state index >= 15 is 0 Å². The van der Waals surface area contributed by atoms with Crippen LogP contribution >= 0.6 is 11.3 Å². The lowest BCUT2D eigenvalue weighted by atomic mass is 9.93. The monoisotopic (exact) mass is 362 g/mol. The number of hydrogen-bond acceptors (Lipinski definition) is 7. The summed E-state index contributed by atoms with van der Waals surface area (Å²) in [6, 6.07) is 1.97. The van der Waals surface area contributed by atoms with Crippen LogP contribution in [0.2, 0.25) is 0 Å². The summed E-state index contributed by atoms with van der Waals surface area (Å²) in [5.41, 5.74) is 1.47. The molecule has 2 aliphatic rings. The number of likely N-dealkylation sites (tertiary alicyclic amines) is 1. The van der Waals surface area contributed by atoms with Gasteiger partial charge in [-0.2, -0.15) is 0 Å². The summed E-state index contributed by atoms with van der Waals surface area (Å²) < 4.78 is 11.1. The second-order valence-electron chi connectivity index (χ2n) is 6.88. The summed E-state index contributed by atoms with van der Waals surface area (Å²) in [7, 11) is 0. The summed E-state index contributed by atoms with van der Waals surface area (Å²) in [4.78, 5) is 18.8. The molecule has 8 heteroatoms. The van der Waals surface area contributed by atoms with Crippen molar-refractivity contribution in [2.45, 2.75) is 26.5 Å². The van der Waals surface area contributed by atoms with Crippen molar-refractivity contribution in [1.29, 1.82) is 0 Å². The molecule has 25 heavy (non-hydrogen) atoms. The summed E-state index contributed by atoms with van der Waals surface area (Å²) in [6.07, 6.45) is 0.247. The van der Waals surface area contributed by atoms with Crippen LogP contribution in [0.3, 0.4) is 0 Å². The molecule has 0 aromatic carbocycles. The molecule has 2 aromatic rings.